The highest BCUT2D eigenvalue weighted by Crippen LogP contribution is 2.20. The molecule has 0 aromatic heterocycles. The molecule has 2 aromatic rings. The van der Waals surface area contributed by atoms with Gasteiger partial charge in [0, 0.05) is 19.1 Å². The molecule has 2 heteroatoms. The molecule has 1 unspecified atom stereocenters. The molecule has 110 valence electrons. The Kier molecular flexibility index (Phi) is 4.69. The second-order valence-corrected chi connectivity index (χ2v) is 5.77. The van der Waals surface area contributed by atoms with Crippen LogP contribution in [0.3, 0.4) is 0 Å². The molecule has 0 radical (unpaired) electrons. The molecule has 2 nitrogen and oxygen atoms in total. The van der Waals surface area contributed by atoms with Gasteiger partial charge in [-0.05, 0) is 36.2 Å². The van der Waals surface area contributed by atoms with Gasteiger partial charge in [0.15, 0.2) is 0 Å². The first-order chi connectivity index (χ1) is 10.4. The fourth-order valence-electron chi connectivity index (χ4n) is 3.12. The average molecular weight is 280 g/mol. The van der Waals surface area contributed by atoms with Crippen molar-refractivity contribution >= 4 is 0 Å². The topological polar surface area (TPSA) is 15.3 Å². The van der Waals surface area contributed by atoms with Gasteiger partial charge < -0.3 is 5.32 Å². The molecule has 0 saturated carbocycles. The Morgan fingerprint density at radius 3 is 2.33 bits per heavy atom. The standard InChI is InChI=1S/C19H24N2/c1-2-21(19-12-13-20-14-19)15-16-8-10-18(11-9-16)17-6-4-3-5-7-17/h3-11,19-20H,2,12-15H2,1H3. The van der Waals surface area contributed by atoms with Crippen LogP contribution in [0.15, 0.2) is 54.6 Å². The summed E-state index contributed by atoms with van der Waals surface area (Å²) >= 11 is 0. The van der Waals surface area contributed by atoms with Gasteiger partial charge in [-0.2, -0.15) is 0 Å². The normalized spacial score (nSPS) is 18.3. The first kappa shape index (κ1) is 14.3. The lowest BCUT2D eigenvalue weighted by Gasteiger charge is -2.27. The lowest BCUT2D eigenvalue weighted by molar-refractivity contribution is 0.210. The fourth-order valence-corrected chi connectivity index (χ4v) is 3.12. The largest absolute Gasteiger partial charge is 0.315 e. The lowest BCUT2D eigenvalue weighted by atomic mass is 10.0. The molecule has 0 aliphatic carbocycles. The van der Waals surface area contributed by atoms with E-state index in [-0.39, 0.29) is 0 Å². The van der Waals surface area contributed by atoms with E-state index < -0.39 is 0 Å². The van der Waals surface area contributed by atoms with Gasteiger partial charge in [0.1, 0.15) is 0 Å². The molecule has 21 heavy (non-hydrogen) atoms. The Bertz CT molecular complexity index is 542. The van der Waals surface area contributed by atoms with Crippen LogP contribution >= 0.6 is 0 Å². The zero-order valence-corrected chi connectivity index (χ0v) is 12.8. The van der Waals surface area contributed by atoms with Gasteiger partial charge in [-0.1, -0.05) is 61.5 Å². The van der Waals surface area contributed by atoms with Gasteiger partial charge in [-0.25, -0.2) is 0 Å². The minimum absolute atomic E-state index is 0.698. The first-order valence-corrected chi connectivity index (χ1v) is 7.96. The van der Waals surface area contributed by atoms with Crippen molar-refractivity contribution in [2.75, 3.05) is 19.6 Å². The summed E-state index contributed by atoms with van der Waals surface area (Å²) in [7, 11) is 0. The monoisotopic (exact) mass is 280 g/mol. The Hall–Kier alpha value is -1.64. The summed E-state index contributed by atoms with van der Waals surface area (Å²) in [5.74, 6) is 0. The number of hydrogen-bond donors (Lipinski definition) is 1. The third-order valence-corrected chi connectivity index (χ3v) is 4.40. The highest BCUT2D eigenvalue weighted by Gasteiger charge is 2.20. The van der Waals surface area contributed by atoms with Crippen LogP contribution < -0.4 is 5.32 Å². The van der Waals surface area contributed by atoms with Crippen LogP contribution in [0.1, 0.15) is 18.9 Å². The van der Waals surface area contributed by atoms with Crippen LogP contribution in [0, 0.1) is 0 Å². The SMILES string of the molecule is CCN(Cc1ccc(-c2ccccc2)cc1)C1CCNC1. The predicted molar refractivity (Wildman–Crippen MR) is 89.2 cm³/mol. The third kappa shape index (κ3) is 3.52. The van der Waals surface area contributed by atoms with E-state index in [9.17, 15) is 0 Å². The van der Waals surface area contributed by atoms with Crippen molar-refractivity contribution in [1.82, 2.24) is 10.2 Å². The lowest BCUT2D eigenvalue weighted by Crippen LogP contribution is -2.36. The van der Waals surface area contributed by atoms with E-state index in [1.807, 2.05) is 0 Å². The molecule has 1 heterocycles. The number of likely N-dealkylation sites (N-methyl/N-ethyl adjacent to an activating group) is 1. The molecule has 3 rings (SSSR count). The summed E-state index contributed by atoms with van der Waals surface area (Å²) in [4.78, 5) is 2.58. The Morgan fingerprint density at radius 2 is 1.71 bits per heavy atom. The van der Waals surface area contributed by atoms with Gasteiger partial charge in [-0.15, -0.1) is 0 Å². The van der Waals surface area contributed by atoms with Crippen molar-refractivity contribution in [2.45, 2.75) is 25.9 Å². The van der Waals surface area contributed by atoms with Gasteiger partial charge >= 0.3 is 0 Å². The molecule has 0 bridgehead atoms. The molecule has 1 atom stereocenters. The average Bonchev–Trinajstić information content (AvgIpc) is 3.08. The summed E-state index contributed by atoms with van der Waals surface area (Å²) in [5.41, 5.74) is 3.99. The number of nitrogens with zero attached hydrogens (tertiary/aromatic N) is 1. The number of benzene rings is 2. The van der Waals surface area contributed by atoms with Crippen LogP contribution in [0.2, 0.25) is 0 Å². The van der Waals surface area contributed by atoms with Crippen LogP contribution in [0.4, 0.5) is 0 Å². The van der Waals surface area contributed by atoms with Crippen molar-refractivity contribution in [3.63, 3.8) is 0 Å². The molecule has 0 spiro atoms. The maximum absolute atomic E-state index is 3.46. The van der Waals surface area contributed by atoms with Crippen LogP contribution in [0.25, 0.3) is 11.1 Å². The molecule has 2 aromatic carbocycles. The maximum atomic E-state index is 3.46. The van der Waals surface area contributed by atoms with E-state index in [2.05, 4.69) is 71.7 Å². The Morgan fingerprint density at radius 1 is 1.00 bits per heavy atom. The van der Waals surface area contributed by atoms with Crippen molar-refractivity contribution < 1.29 is 0 Å². The molecular formula is C19H24N2. The zero-order chi connectivity index (χ0) is 14.5. The van der Waals surface area contributed by atoms with Gasteiger partial charge in [0.25, 0.3) is 0 Å². The fraction of sp³-hybridized carbons (Fsp3) is 0.368. The minimum atomic E-state index is 0.698. The van der Waals surface area contributed by atoms with Crippen LogP contribution in [-0.4, -0.2) is 30.6 Å². The molecule has 1 aliphatic rings. The van der Waals surface area contributed by atoms with Gasteiger partial charge in [0.2, 0.25) is 0 Å². The Balaban J connectivity index is 1.69. The van der Waals surface area contributed by atoms with Crippen molar-refractivity contribution in [3.05, 3.63) is 60.2 Å². The second kappa shape index (κ2) is 6.88. The van der Waals surface area contributed by atoms with E-state index in [1.165, 1.54) is 23.1 Å². The molecular weight excluding hydrogens is 256 g/mol. The van der Waals surface area contributed by atoms with Crippen LogP contribution in [-0.2, 0) is 6.54 Å². The first-order valence-electron chi connectivity index (χ1n) is 7.96. The van der Waals surface area contributed by atoms with Gasteiger partial charge in [0.05, 0.1) is 0 Å². The molecule has 1 N–H and O–H groups in total. The van der Waals surface area contributed by atoms with Crippen molar-refractivity contribution in [3.8, 4) is 11.1 Å². The van der Waals surface area contributed by atoms with E-state index in [4.69, 9.17) is 0 Å². The van der Waals surface area contributed by atoms with Crippen molar-refractivity contribution in [2.24, 2.45) is 0 Å². The zero-order valence-electron chi connectivity index (χ0n) is 12.8. The third-order valence-electron chi connectivity index (χ3n) is 4.40. The summed E-state index contributed by atoms with van der Waals surface area (Å²) in [5, 5.41) is 3.46. The molecule has 1 aliphatic heterocycles. The summed E-state index contributed by atoms with van der Waals surface area (Å²) in [6.07, 6.45) is 1.27. The van der Waals surface area contributed by atoms with Crippen molar-refractivity contribution in [1.29, 1.82) is 0 Å². The minimum Gasteiger partial charge on any atom is -0.315 e. The summed E-state index contributed by atoms with van der Waals surface area (Å²) in [6.45, 7) is 6.73. The van der Waals surface area contributed by atoms with E-state index in [1.54, 1.807) is 0 Å². The quantitative estimate of drug-likeness (QED) is 0.901. The molecule has 1 fully saturated rings. The predicted octanol–water partition coefficient (Wildman–Crippen LogP) is 3.54. The van der Waals surface area contributed by atoms with E-state index in [0.717, 1.165) is 26.2 Å². The summed E-state index contributed by atoms with van der Waals surface area (Å²) < 4.78 is 0. The van der Waals surface area contributed by atoms with Crippen LogP contribution in [0.5, 0.6) is 0 Å². The number of nitrogens with one attached hydrogen (secondary N) is 1. The maximum Gasteiger partial charge on any atom is 0.0237 e. The highest BCUT2D eigenvalue weighted by molar-refractivity contribution is 5.63. The summed E-state index contributed by atoms with van der Waals surface area (Å²) in [6, 6.07) is 20.3. The Labute approximate surface area is 127 Å². The van der Waals surface area contributed by atoms with E-state index >= 15 is 0 Å². The van der Waals surface area contributed by atoms with Gasteiger partial charge in [-0.3, -0.25) is 4.90 Å². The van der Waals surface area contributed by atoms with E-state index in [0.29, 0.717) is 6.04 Å². The molecule has 1 saturated heterocycles. The smallest absolute Gasteiger partial charge is 0.0237 e. The molecule has 0 amide bonds. The highest BCUT2D eigenvalue weighted by atomic mass is 15.2. The number of hydrogen-bond acceptors (Lipinski definition) is 2. The second-order valence-electron chi connectivity index (χ2n) is 5.77. The number of rotatable bonds is 5.